The van der Waals surface area contributed by atoms with Crippen molar-refractivity contribution in [3.8, 4) is 5.69 Å². The Bertz CT molecular complexity index is 1100. The lowest BCUT2D eigenvalue weighted by Gasteiger charge is -2.14. The molecule has 1 heterocycles. The van der Waals surface area contributed by atoms with E-state index in [1.165, 1.54) is 10.5 Å². The maximum absolute atomic E-state index is 13.1. The third-order valence-corrected chi connectivity index (χ3v) is 5.45. The summed E-state index contributed by atoms with van der Waals surface area (Å²) >= 11 is 0. The van der Waals surface area contributed by atoms with E-state index in [0.717, 1.165) is 42.6 Å². The highest BCUT2D eigenvalue weighted by atomic mass is 16.2. The molecule has 1 aromatic heterocycles. The van der Waals surface area contributed by atoms with E-state index in [1.54, 1.807) is 38.4 Å². The van der Waals surface area contributed by atoms with E-state index in [-0.39, 0.29) is 11.8 Å². The molecule has 0 radical (unpaired) electrons. The van der Waals surface area contributed by atoms with Gasteiger partial charge >= 0.3 is 0 Å². The van der Waals surface area contributed by atoms with Gasteiger partial charge in [0.1, 0.15) is 0 Å². The highest BCUT2D eigenvalue weighted by molar-refractivity contribution is 6.05. The zero-order valence-electron chi connectivity index (χ0n) is 17.6. The van der Waals surface area contributed by atoms with Crippen LogP contribution in [0.4, 0.5) is 5.69 Å². The summed E-state index contributed by atoms with van der Waals surface area (Å²) in [7, 11) is 3.41. The molecule has 154 valence electrons. The number of fused-ring (bicyclic) bond motifs is 1. The Morgan fingerprint density at radius 2 is 1.77 bits per heavy atom. The Morgan fingerprint density at radius 3 is 2.50 bits per heavy atom. The van der Waals surface area contributed by atoms with Gasteiger partial charge in [0, 0.05) is 36.6 Å². The molecule has 1 aliphatic carbocycles. The first-order chi connectivity index (χ1) is 14.4. The van der Waals surface area contributed by atoms with Crippen molar-refractivity contribution in [1.29, 1.82) is 0 Å². The molecule has 6 nitrogen and oxygen atoms in total. The topological polar surface area (TPSA) is 67.2 Å². The molecule has 0 aliphatic heterocycles. The molecule has 3 aromatic rings. The molecule has 0 bridgehead atoms. The first kappa shape index (κ1) is 19.9. The number of carbonyl (C=O) groups excluding carboxylic acids is 2. The van der Waals surface area contributed by atoms with Gasteiger partial charge in [-0.1, -0.05) is 23.8 Å². The average Bonchev–Trinajstić information content (AvgIpc) is 3.14. The third-order valence-electron chi connectivity index (χ3n) is 5.45. The van der Waals surface area contributed by atoms with E-state index in [9.17, 15) is 9.59 Å². The number of anilines is 1. The van der Waals surface area contributed by atoms with Crippen LogP contribution >= 0.6 is 0 Å². The van der Waals surface area contributed by atoms with Crippen molar-refractivity contribution >= 4 is 17.5 Å². The van der Waals surface area contributed by atoms with Gasteiger partial charge in [-0.05, 0) is 62.9 Å². The molecule has 2 aromatic carbocycles. The van der Waals surface area contributed by atoms with Gasteiger partial charge in [-0.3, -0.25) is 9.59 Å². The first-order valence-corrected chi connectivity index (χ1v) is 10.2. The number of benzene rings is 2. The van der Waals surface area contributed by atoms with Crippen LogP contribution < -0.4 is 5.32 Å². The number of amides is 2. The van der Waals surface area contributed by atoms with Crippen LogP contribution in [0.25, 0.3) is 5.69 Å². The number of rotatable bonds is 4. The van der Waals surface area contributed by atoms with Gasteiger partial charge in [0.05, 0.1) is 5.69 Å². The Kier molecular flexibility index (Phi) is 5.40. The highest BCUT2D eigenvalue weighted by Gasteiger charge is 2.25. The summed E-state index contributed by atoms with van der Waals surface area (Å²) in [6.07, 6.45) is 3.92. The van der Waals surface area contributed by atoms with Crippen LogP contribution in [-0.2, 0) is 12.8 Å². The van der Waals surface area contributed by atoms with Crippen LogP contribution in [-0.4, -0.2) is 40.6 Å². The largest absolute Gasteiger partial charge is 0.345 e. The smallest absolute Gasteiger partial charge is 0.276 e. The SMILES string of the molecule is Cc1ccc(-n2nc(C(=O)Nc3cccc(C(=O)N(C)C)c3)c3c2CCCC3)cc1. The van der Waals surface area contributed by atoms with E-state index >= 15 is 0 Å². The number of hydrogen-bond donors (Lipinski definition) is 1. The fourth-order valence-electron chi connectivity index (χ4n) is 3.86. The quantitative estimate of drug-likeness (QED) is 0.717. The summed E-state index contributed by atoms with van der Waals surface area (Å²) in [5.74, 6) is -0.347. The molecule has 1 N–H and O–H groups in total. The highest BCUT2D eigenvalue weighted by Crippen LogP contribution is 2.28. The summed E-state index contributed by atoms with van der Waals surface area (Å²) in [5.41, 5.74) is 5.88. The minimum atomic E-state index is -0.242. The summed E-state index contributed by atoms with van der Waals surface area (Å²) in [6, 6.07) is 15.2. The monoisotopic (exact) mass is 402 g/mol. The number of carbonyl (C=O) groups is 2. The molecular formula is C24H26N4O2. The van der Waals surface area contributed by atoms with Crippen molar-refractivity contribution in [2.24, 2.45) is 0 Å². The predicted molar refractivity (Wildman–Crippen MR) is 117 cm³/mol. The van der Waals surface area contributed by atoms with Crippen LogP contribution in [0.15, 0.2) is 48.5 Å². The lowest BCUT2D eigenvalue weighted by Crippen LogP contribution is -2.22. The van der Waals surface area contributed by atoms with Crippen molar-refractivity contribution in [3.63, 3.8) is 0 Å². The summed E-state index contributed by atoms with van der Waals surface area (Å²) in [4.78, 5) is 26.9. The second-order valence-corrected chi connectivity index (χ2v) is 7.96. The molecule has 0 unspecified atom stereocenters. The summed E-state index contributed by atoms with van der Waals surface area (Å²) in [6.45, 7) is 2.05. The molecule has 0 saturated heterocycles. The summed E-state index contributed by atoms with van der Waals surface area (Å²) < 4.78 is 1.91. The molecule has 4 rings (SSSR count). The Hall–Kier alpha value is -3.41. The lowest BCUT2D eigenvalue weighted by molar-refractivity contribution is 0.0827. The van der Waals surface area contributed by atoms with Crippen LogP contribution in [0, 0.1) is 6.92 Å². The van der Waals surface area contributed by atoms with E-state index in [0.29, 0.717) is 16.9 Å². The molecule has 0 atom stereocenters. The van der Waals surface area contributed by atoms with Crippen molar-refractivity contribution in [2.45, 2.75) is 32.6 Å². The normalized spacial score (nSPS) is 12.9. The van der Waals surface area contributed by atoms with Crippen LogP contribution in [0.5, 0.6) is 0 Å². The van der Waals surface area contributed by atoms with Crippen molar-refractivity contribution in [1.82, 2.24) is 14.7 Å². The van der Waals surface area contributed by atoms with Crippen molar-refractivity contribution < 1.29 is 9.59 Å². The van der Waals surface area contributed by atoms with Gasteiger partial charge in [-0.2, -0.15) is 5.10 Å². The average molecular weight is 402 g/mol. The van der Waals surface area contributed by atoms with Gasteiger partial charge in [-0.25, -0.2) is 4.68 Å². The Morgan fingerprint density at radius 1 is 1.03 bits per heavy atom. The maximum Gasteiger partial charge on any atom is 0.276 e. The zero-order chi connectivity index (χ0) is 21.3. The van der Waals surface area contributed by atoms with Gasteiger partial charge in [-0.15, -0.1) is 0 Å². The fraction of sp³-hybridized carbons (Fsp3) is 0.292. The van der Waals surface area contributed by atoms with E-state index in [1.807, 2.05) is 16.8 Å². The number of nitrogens with one attached hydrogen (secondary N) is 1. The molecule has 30 heavy (non-hydrogen) atoms. The molecule has 1 aliphatic rings. The second kappa shape index (κ2) is 8.14. The molecule has 6 heteroatoms. The number of nitrogens with zero attached hydrogens (tertiary/aromatic N) is 3. The summed E-state index contributed by atoms with van der Waals surface area (Å²) in [5, 5.41) is 7.63. The van der Waals surface area contributed by atoms with E-state index < -0.39 is 0 Å². The van der Waals surface area contributed by atoms with Gasteiger partial charge in [0.2, 0.25) is 0 Å². The minimum absolute atomic E-state index is 0.105. The lowest BCUT2D eigenvalue weighted by atomic mass is 9.95. The zero-order valence-corrected chi connectivity index (χ0v) is 17.6. The number of aromatic nitrogens is 2. The molecule has 2 amide bonds. The van der Waals surface area contributed by atoms with E-state index in [2.05, 4.69) is 24.4 Å². The number of aryl methyl sites for hydroxylation is 1. The third kappa shape index (κ3) is 3.85. The molecule has 0 spiro atoms. The van der Waals surface area contributed by atoms with E-state index in [4.69, 9.17) is 5.10 Å². The van der Waals surface area contributed by atoms with Gasteiger partial charge in [0.25, 0.3) is 11.8 Å². The Balaban J connectivity index is 1.66. The van der Waals surface area contributed by atoms with Crippen molar-refractivity contribution in [2.75, 3.05) is 19.4 Å². The standard InChI is InChI=1S/C24H26N4O2/c1-16-11-13-19(14-12-16)28-21-10-5-4-9-20(21)22(26-28)23(29)25-18-8-6-7-17(15-18)24(30)27(2)3/h6-8,11-15H,4-5,9-10H2,1-3H3,(H,25,29). The van der Waals surface area contributed by atoms with Gasteiger partial charge in [0.15, 0.2) is 5.69 Å². The molecular weight excluding hydrogens is 376 g/mol. The minimum Gasteiger partial charge on any atom is -0.345 e. The van der Waals surface area contributed by atoms with Crippen molar-refractivity contribution in [3.05, 3.63) is 76.6 Å². The predicted octanol–water partition coefficient (Wildman–Crippen LogP) is 4.01. The Labute approximate surface area is 176 Å². The molecule has 0 saturated carbocycles. The number of hydrogen-bond acceptors (Lipinski definition) is 3. The first-order valence-electron chi connectivity index (χ1n) is 10.2. The van der Waals surface area contributed by atoms with Crippen LogP contribution in [0.2, 0.25) is 0 Å². The van der Waals surface area contributed by atoms with Gasteiger partial charge < -0.3 is 10.2 Å². The van der Waals surface area contributed by atoms with Crippen LogP contribution in [0.1, 0.15) is 50.5 Å². The maximum atomic E-state index is 13.1. The molecule has 0 fully saturated rings. The van der Waals surface area contributed by atoms with Crippen LogP contribution in [0.3, 0.4) is 0 Å². The second-order valence-electron chi connectivity index (χ2n) is 7.96. The fourth-order valence-corrected chi connectivity index (χ4v) is 3.86.